The number of amides is 1. The molecule has 0 radical (unpaired) electrons. The van der Waals surface area contributed by atoms with Crippen molar-refractivity contribution in [1.29, 1.82) is 0 Å². The van der Waals surface area contributed by atoms with Crippen molar-refractivity contribution in [2.75, 3.05) is 32.7 Å². The summed E-state index contributed by atoms with van der Waals surface area (Å²) in [5.74, 6) is 1.84. The predicted molar refractivity (Wildman–Crippen MR) is 74.0 cm³/mol. The standard InChI is InChI=1S/C14H23N3O2/c1-10-8-13(12(3)19-10)11(2)16-14(18)9-17-6-4-15-5-7-17/h8,11,15H,4-7,9H2,1-3H3,(H,16,18). The normalized spacial score (nSPS) is 18.3. The quantitative estimate of drug-likeness (QED) is 0.852. The van der Waals surface area contributed by atoms with Crippen molar-refractivity contribution in [3.8, 4) is 0 Å². The fourth-order valence-electron chi connectivity index (χ4n) is 2.52. The molecule has 0 aromatic carbocycles. The molecular weight excluding hydrogens is 242 g/mol. The van der Waals surface area contributed by atoms with Crippen molar-refractivity contribution in [3.05, 3.63) is 23.2 Å². The molecule has 1 amide bonds. The fourth-order valence-corrected chi connectivity index (χ4v) is 2.52. The summed E-state index contributed by atoms with van der Waals surface area (Å²) in [6, 6.07) is 1.98. The molecule has 5 nitrogen and oxygen atoms in total. The molecule has 1 fully saturated rings. The van der Waals surface area contributed by atoms with E-state index in [1.165, 1.54) is 0 Å². The largest absolute Gasteiger partial charge is 0.466 e. The van der Waals surface area contributed by atoms with Gasteiger partial charge in [-0.25, -0.2) is 0 Å². The average molecular weight is 265 g/mol. The van der Waals surface area contributed by atoms with Crippen LogP contribution in [0.1, 0.15) is 30.0 Å². The van der Waals surface area contributed by atoms with Crippen LogP contribution in [0.15, 0.2) is 10.5 Å². The van der Waals surface area contributed by atoms with E-state index >= 15 is 0 Å². The maximum atomic E-state index is 12.0. The number of hydrogen-bond donors (Lipinski definition) is 2. The third-order valence-corrected chi connectivity index (χ3v) is 3.50. The highest BCUT2D eigenvalue weighted by Crippen LogP contribution is 2.20. The minimum Gasteiger partial charge on any atom is -0.466 e. The van der Waals surface area contributed by atoms with Crippen LogP contribution in [0.4, 0.5) is 0 Å². The van der Waals surface area contributed by atoms with Gasteiger partial charge in [0.1, 0.15) is 11.5 Å². The molecule has 0 spiro atoms. The third-order valence-electron chi connectivity index (χ3n) is 3.50. The smallest absolute Gasteiger partial charge is 0.234 e. The zero-order valence-electron chi connectivity index (χ0n) is 12.0. The molecule has 2 heterocycles. The second-order valence-corrected chi connectivity index (χ2v) is 5.18. The van der Waals surface area contributed by atoms with Crippen LogP contribution >= 0.6 is 0 Å². The Kier molecular flexibility index (Phi) is 4.61. The number of carbonyl (C=O) groups is 1. The van der Waals surface area contributed by atoms with E-state index in [1.54, 1.807) is 0 Å². The van der Waals surface area contributed by atoms with Crippen LogP contribution in [0.3, 0.4) is 0 Å². The molecule has 19 heavy (non-hydrogen) atoms. The minimum atomic E-state index is -0.00661. The van der Waals surface area contributed by atoms with Gasteiger partial charge in [-0.2, -0.15) is 0 Å². The minimum absolute atomic E-state index is 0.00661. The van der Waals surface area contributed by atoms with E-state index in [4.69, 9.17) is 4.42 Å². The highest BCUT2D eigenvalue weighted by molar-refractivity contribution is 5.78. The second-order valence-electron chi connectivity index (χ2n) is 5.18. The lowest BCUT2D eigenvalue weighted by atomic mass is 10.1. The van der Waals surface area contributed by atoms with Crippen LogP contribution < -0.4 is 10.6 Å². The summed E-state index contributed by atoms with van der Waals surface area (Å²) in [5, 5.41) is 6.32. The topological polar surface area (TPSA) is 57.5 Å². The molecule has 1 aromatic rings. The lowest BCUT2D eigenvalue weighted by molar-refractivity contribution is -0.123. The first-order chi connectivity index (χ1) is 9.06. The molecule has 1 unspecified atom stereocenters. The number of nitrogens with one attached hydrogen (secondary N) is 2. The van der Waals surface area contributed by atoms with Gasteiger partial charge in [0.15, 0.2) is 0 Å². The Hall–Kier alpha value is -1.33. The zero-order valence-corrected chi connectivity index (χ0v) is 12.0. The molecule has 2 N–H and O–H groups in total. The maximum absolute atomic E-state index is 12.0. The Morgan fingerprint density at radius 2 is 2.16 bits per heavy atom. The van der Waals surface area contributed by atoms with Gasteiger partial charge in [0, 0.05) is 31.7 Å². The lowest BCUT2D eigenvalue weighted by Crippen LogP contribution is -2.47. The van der Waals surface area contributed by atoms with Crippen molar-refractivity contribution in [2.24, 2.45) is 0 Å². The van der Waals surface area contributed by atoms with Crippen LogP contribution in [-0.4, -0.2) is 43.5 Å². The van der Waals surface area contributed by atoms with Crippen LogP contribution in [0.2, 0.25) is 0 Å². The van der Waals surface area contributed by atoms with E-state index < -0.39 is 0 Å². The summed E-state index contributed by atoms with van der Waals surface area (Å²) < 4.78 is 5.50. The molecule has 2 rings (SSSR count). The number of furan rings is 1. The van der Waals surface area contributed by atoms with E-state index in [0.717, 1.165) is 43.3 Å². The van der Waals surface area contributed by atoms with Gasteiger partial charge in [-0.1, -0.05) is 0 Å². The Morgan fingerprint density at radius 1 is 1.47 bits per heavy atom. The summed E-state index contributed by atoms with van der Waals surface area (Å²) in [6.07, 6.45) is 0. The predicted octanol–water partition coefficient (Wildman–Crippen LogP) is 0.979. The summed E-state index contributed by atoms with van der Waals surface area (Å²) in [6.45, 7) is 10.1. The molecule has 1 aromatic heterocycles. The SMILES string of the molecule is Cc1cc(C(C)NC(=O)CN2CCNCC2)c(C)o1. The zero-order chi connectivity index (χ0) is 13.8. The molecule has 1 saturated heterocycles. The molecule has 0 bridgehead atoms. The molecule has 1 aliphatic heterocycles. The van der Waals surface area contributed by atoms with Crippen LogP contribution in [0.25, 0.3) is 0 Å². The molecule has 106 valence electrons. The van der Waals surface area contributed by atoms with Gasteiger partial charge in [0.05, 0.1) is 12.6 Å². The van der Waals surface area contributed by atoms with Crippen LogP contribution in [0.5, 0.6) is 0 Å². The number of nitrogens with zero attached hydrogens (tertiary/aromatic N) is 1. The van der Waals surface area contributed by atoms with Gasteiger partial charge < -0.3 is 15.1 Å². The van der Waals surface area contributed by atoms with E-state index in [0.29, 0.717) is 6.54 Å². The highest BCUT2D eigenvalue weighted by atomic mass is 16.3. The van der Waals surface area contributed by atoms with Crippen molar-refractivity contribution in [1.82, 2.24) is 15.5 Å². The maximum Gasteiger partial charge on any atom is 0.234 e. The lowest BCUT2D eigenvalue weighted by Gasteiger charge is -2.27. The molecule has 5 heteroatoms. The third kappa shape index (κ3) is 3.81. The Labute approximate surface area is 114 Å². The number of piperazine rings is 1. The van der Waals surface area contributed by atoms with Crippen molar-refractivity contribution in [2.45, 2.75) is 26.8 Å². The average Bonchev–Trinajstić information content (AvgIpc) is 2.69. The number of aryl methyl sites for hydroxylation is 2. The summed E-state index contributed by atoms with van der Waals surface area (Å²) in [4.78, 5) is 14.2. The van der Waals surface area contributed by atoms with Gasteiger partial charge in [-0.05, 0) is 26.8 Å². The van der Waals surface area contributed by atoms with Crippen molar-refractivity contribution >= 4 is 5.91 Å². The van der Waals surface area contributed by atoms with Gasteiger partial charge in [-0.15, -0.1) is 0 Å². The van der Waals surface area contributed by atoms with E-state index in [1.807, 2.05) is 26.8 Å². The van der Waals surface area contributed by atoms with Crippen molar-refractivity contribution in [3.63, 3.8) is 0 Å². The monoisotopic (exact) mass is 265 g/mol. The fraction of sp³-hybridized carbons (Fsp3) is 0.643. The van der Waals surface area contributed by atoms with Crippen LogP contribution in [0, 0.1) is 13.8 Å². The summed E-state index contributed by atoms with van der Waals surface area (Å²) in [7, 11) is 0. The first-order valence-electron chi connectivity index (χ1n) is 6.85. The van der Waals surface area contributed by atoms with E-state index in [-0.39, 0.29) is 11.9 Å². The van der Waals surface area contributed by atoms with E-state index in [9.17, 15) is 4.79 Å². The van der Waals surface area contributed by atoms with Crippen molar-refractivity contribution < 1.29 is 9.21 Å². The molecule has 0 aliphatic carbocycles. The Bertz CT molecular complexity index is 436. The summed E-state index contributed by atoms with van der Waals surface area (Å²) in [5.41, 5.74) is 1.06. The van der Waals surface area contributed by atoms with Gasteiger partial charge in [0.2, 0.25) is 5.91 Å². The summed E-state index contributed by atoms with van der Waals surface area (Å²) >= 11 is 0. The van der Waals surface area contributed by atoms with Gasteiger partial charge >= 0.3 is 0 Å². The highest BCUT2D eigenvalue weighted by Gasteiger charge is 2.17. The molecule has 0 saturated carbocycles. The molecule has 1 atom stereocenters. The molecule has 1 aliphatic rings. The number of rotatable bonds is 4. The van der Waals surface area contributed by atoms with Gasteiger partial charge in [-0.3, -0.25) is 9.69 Å². The Morgan fingerprint density at radius 3 is 2.74 bits per heavy atom. The van der Waals surface area contributed by atoms with Crippen LogP contribution in [-0.2, 0) is 4.79 Å². The molecular formula is C14H23N3O2. The first-order valence-corrected chi connectivity index (χ1v) is 6.85. The second kappa shape index (κ2) is 6.21. The number of carbonyl (C=O) groups excluding carboxylic acids is 1. The number of hydrogen-bond acceptors (Lipinski definition) is 4. The van der Waals surface area contributed by atoms with Gasteiger partial charge in [0.25, 0.3) is 0 Å². The Balaban J connectivity index is 1.86. The first kappa shape index (κ1) is 14.1. The van der Waals surface area contributed by atoms with E-state index in [2.05, 4.69) is 15.5 Å².